The fourth-order valence-electron chi connectivity index (χ4n) is 2.63. The first kappa shape index (κ1) is 9.97. The average molecular weight is 219 g/mol. The van der Waals surface area contributed by atoms with E-state index >= 15 is 0 Å². The van der Waals surface area contributed by atoms with Crippen LogP contribution in [0.15, 0.2) is 12.1 Å². The lowest BCUT2D eigenvalue weighted by Crippen LogP contribution is -2.17. The molecule has 1 aromatic carbocycles. The van der Waals surface area contributed by atoms with E-state index in [1.54, 1.807) is 0 Å². The molecule has 1 aromatic rings. The van der Waals surface area contributed by atoms with Crippen LogP contribution >= 0.6 is 0 Å². The monoisotopic (exact) mass is 219 g/mol. The fourth-order valence-corrected chi connectivity index (χ4v) is 2.63. The number of rotatable bonds is 1. The molecule has 1 N–H and O–H groups in total. The van der Waals surface area contributed by atoms with Crippen LogP contribution in [-0.2, 0) is 0 Å². The molecule has 1 atom stereocenters. The predicted molar refractivity (Wildman–Crippen MR) is 62.4 cm³/mol. The van der Waals surface area contributed by atoms with Crippen molar-refractivity contribution >= 4 is 0 Å². The van der Waals surface area contributed by atoms with Gasteiger partial charge in [0, 0.05) is 6.54 Å². The third kappa shape index (κ3) is 1.55. The van der Waals surface area contributed by atoms with Gasteiger partial charge in [-0.1, -0.05) is 6.07 Å². The molecule has 3 rings (SSSR count). The summed E-state index contributed by atoms with van der Waals surface area (Å²) in [5, 5.41) is 3.41. The van der Waals surface area contributed by atoms with Gasteiger partial charge in [-0.25, -0.2) is 0 Å². The Morgan fingerprint density at radius 2 is 2.12 bits per heavy atom. The number of benzene rings is 1. The molecule has 2 heterocycles. The van der Waals surface area contributed by atoms with Gasteiger partial charge in [-0.15, -0.1) is 0 Å². The van der Waals surface area contributed by atoms with Crippen LogP contribution in [0.25, 0.3) is 0 Å². The quantitative estimate of drug-likeness (QED) is 0.782. The molecule has 0 bridgehead atoms. The largest absolute Gasteiger partial charge is 0.486 e. The topological polar surface area (TPSA) is 30.5 Å². The van der Waals surface area contributed by atoms with Crippen molar-refractivity contribution in [3.8, 4) is 11.5 Å². The first-order chi connectivity index (χ1) is 7.86. The minimum Gasteiger partial charge on any atom is -0.486 e. The number of nitrogens with one attached hydrogen (secondary N) is 1. The smallest absolute Gasteiger partial charge is 0.164 e. The lowest BCUT2D eigenvalue weighted by atomic mass is 9.93. The van der Waals surface area contributed by atoms with Crippen LogP contribution in [0.2, 0.25) is 0 Å². The molecule has 0 amide bonds. The molecule has 1 saturated heterocycles. The Morgan fingerprint density at radius 1 is 1.25 bits per heavy atom. The summed E-state index contributed by atoms with van der Waals surface area (Å²) in [4.78, 5) is 0. The SMILES string of the molecule is Cc1c(C2CCNC2)ccc2c1OCCO2. The minimum atomic E-state index is 0.635. The standard InChI is InChI=1S/C13H17NO2/c1-9-11(10-4-5-14-8-10)2-3-12-13(9)16-7-6-15-12/h2-3,10,14H,4-8H2,1H3. The number of fused-ring (bicyclic) bond motifs is 1. The van der Waals surface area contributed by atoms with Crippen molar-refractivity contribution in [2.75, 3.05) is 26.3 Å². The molecule has 0 radical (unpaired) electrons. The van der Waals surface area contributed by atoms with Gasteiger partial charge in [0.2, 0.25) is 0 Å². The van der Waals surface area contributed by atoms with Crippen LogP contribution in [-0.4, -0.2) is 26.3 Å². The summed E-state index contributed by atoms with van der Waals surface area (Å²) in [5.74, 6) is 2.49. The number of ether oxygens (including phenoxy) is 2. The normalized spacial score (nSPS) is 23.4. The second-order valence-corrected chi connectivity index (χ2v) is 4.49. The van der Waals surface area contributed by atoms with Gasteiger partial charge in [-0.05, 0) is 43.0 Å². The van der Waals surface area contributed by atoms with Gasteiger partial charge in [0.25, 0.3) is 0 Å². The van der Waals surface area contributed by atoms with Gasteiger partial charge in [0.1, 0.15) is 13.2 Å². The van der Waals surface area contributed by atoms with E-state index in [0.717, 1.165) is 24.6 Å². The summed E-state index contributed by atoms with van der Waals surface area (Å²) in [6, 6.07) is 4.25. The van der Waals surface area contributed by atoms with E-state index in [1.807, 2.05) is 0 Å². The maximum atomic E-state index is 5.71. The summed E-state index contributed by atoms with van der Waals surface area (Å²) in [6.07, 6.45) is 1.22. The first-order valence-electron chi connectivity index (χ1n) is 5.96. The maximum absolute atomic E-state index is 5.71. The van der Waals surface area contributed by atoms with Crippen LogP contribution < -0.4 is 14.8 Å². The third-order valence-corrected chi connectivity index (χ3v) is 3.50. The maximum Gasteiger partial charge on any atom is 0.164 e. The molecule has 3 nitrogen and oxygen atoms in total. The fraction of sp³-hybridized carbons (Fsp3) is 0.538. The Bertz CT molecular complexity index is 397. The molecule has 0 aromatic heterocycles. The van der Waals surface area contributed by atoms with Crippen LogP contribution in [0.3, 0.4) is 0 Å². The highest BCUT2D eigenvalue weighted by Gasteiger charge is 2.23. The van der Waals surface area contributed by atoms with E-state index in [1.165, 1.54) is 17.5 Å². The Labute approximate surface area is 95.8 Å². The van der Waals surface area contributed by atoms with Crippen LogP contribution in [0, 0.1) is 6.92 Å². The van der Waals surface area contributed by atoms with Crippen molar-refractivity contribution in [3.63, 3.8) is 0 Å². The predicted octanol–water partition coefficient (Wildman–Crippen LogP) is 1.84. The van der Waals surface area contributed by atoms with Crippen molar-refractivity contribution in [3.05, 3.63) is 23.3 Å². The van der Waals surface area contributed by atoms with Gasteiger partial charge in [-0.3, -0.25) is 0 Å². The molecule has 0 spiro atoms. The van der Waals surface area contributed by atoms with Gasteiger partial charge >= 0.3 is 0 Å². The highest BCUT2D eigenvalue weighted by atomic mass is 16.6. The molecule has 86 valence electrons. The molecule has 0 aliphatic carbocycles. The number of hydrogen-bond acceptors (Lipinski definition) is 3. The minimum absolute atomic E-state index is 0.635. The van der Waals surface area contributed by atoms with Crippen molar-refractivity contribution in [1.29, 1.82) is 0 Å². The van der Waals surface area contributed by atoms with Crippen LogP contribution in [0.4, 0.5) is 0 Å². The van der Waals surface area contributed by atoms with Gasteiger partial charge in [-0.2, -0.15) is 0 Å². The molecule has 1 unspecified atom stereocenters. The van der Waals surface area contributed by atoms with E-state index in [9.17, 15) is 0 Å². The van der Waals surface area contributed by atoms with E-state index in [0.29, 0.717) is 19.1 Å². The van der Waals surface area contributed by atoms with Crippen molar-refractivity contribution in [1.82, 2.24) is 5.32 Å². The van der Waals surface area contributed by atoms with Crippen molar-refractivity contribution in [2.24, 2.45) is 0 Å². The average Bonchev–Trinajstić information content (AvgIpc) is 2.83. The first-order valence-corrected chi connectivity index (χ1v) is 5.96. The Hall–Kier alpha value is -1.22. The third-order valence-electron chi connectivity index (χ3n) is 3.50. The highest BCUT2D eigenvalue weighted by molar-refractivity contribution is 5.52. The molecule has 1 fully saturated rings. The van der Waals surface area contributed by atoms with Crippen LogP contribution in [0.1, 0.15) is 23.5 Å². The van der Waals surface area contributed by atoms with Crippen molar-refractivity contribution in [2.45, 2.75) is 19.3 Å². The molecule has 0 saturated carbocycles. The number of hydrogen-bond donors (Lipinski definition) is 1. The molecular weight excluding hydrogens is 202 g/mol. The Morgan fingerprint density at radius 3 is 2.94 bits per heavy atom. The molecule has 3 heteroatoms. The Balaban J connectivity index is 1.99. The van der Waals surface area contributed by atoms with E-state index < -0.39 is 0 Å². The van der Waals surface area contributed by atoms with Gasteiger partial charge < -0.3 is 14.8 Å². The summed E-state index contributed by atoms with van der Waals surface area (Å²) in [5.41, 5.74) is 2.67. The summed E-state index contributed by atoms with van der Waals surface area (Å²) < 4.78 is 11.3. The second kappa shape index (κ2) is 3.98. The second-order valence-electron chi connectivity index (χ2n) is 4.49. The van der Waals surface area contributed by atoms with Crippen LogP contribution in [0.5, 0.6) is 11.5 Å². The van der Waals surface area contributed by atoms with Crippen molar-refractivity contribution < 1.29 is 9.47 Å². The Kier molecular flexibility index (Phi) is 2.48. The lowest BCUT2D eigenvalue weighted by molar-refractivity contribution is 0.170. The molecular formula is C13H17NO2. The van der Waals surface area contributed by atoms with E-state index in [4.69, 9.17) is 9.47 Å². The lowest BCUT2D eigenvalue weighted by Gasteiger charge is -2.23. The van der Waals surface area contributed by atoms with E-state index in [-0.39, 0.29) is 0 Å². The highest BCUT2D eigenvalue weighted by Crippen LogP contribution is 2.38. The molecule has 2 aliphatic rings. The van der Waals surface area contributed by atoms with Gasteiger partial charge in [0.05, 0.1) is 0 Å². The van der Waals surface area contributed by atoms with Gasteiger partial charge in [0.15, 0.2) is 11.5 Å². The zero-order valence-electron chi connectivity index (χ0n) is 9.58. The zero-order valence-corrected chi connectivity index (χ0v) is 9.58. The summed E-state index contributed by atoms with van der Waals surface area (Å²) in [7, 11) is 0. The molecule has 16 heavy (non-hydrogen) atoms. The van der Waals surface area contributed by atoms with E-state index in [2.05, 4.69) is 24.4 Å². The zero-order chi connectivity index (χ0) is 11.0. The molecule has 2 aliphatic heterocycles. The summed E-state index contributed by atoms with van der Waals surface area (Å²) >= 11 is 0. The summed E-state index contributed by atoms with van der Waals surface area (Å²) in [6.45, 7) is 5.68.